The Bertz CT molecular complexity index is 389. The highest BCUT2D eigenvalue weighted by atomic mass is 16.5. The maximum atomic E-state index is 11.8. The van der Waals surface area contributed by atoms with E-state index in [0.717, 1.165) is 31.7 Å². The van der Waals surface area contributed by atoms with Crippen molar-refractivity contribution in [1.82, 2.24) is 15.3 Å². The lowest BCUT2D eigenvalue weighted by Gasteiger charge is -2.22. The van der Waals surface area contributed by atoms with Crippen LogP contribution in [0.5, 0.6) is 0 Å². The number of methoxy groups -OCH3 is 1. The molecule has 0 aliphatic heterocycles. The number of anilines is 1. The van der Waals surface area contributed by atoms with Gasteiger partial charge in [0.25, 0.3) is 5.91 Å². The van der Waals surface area contributed by atoms with Gasteiger partial charge in [0.2, 0.25) is 0 Å². The molecule has 0 atom stereocenters. The summed E-state index contributed by atoms with van der Waals surface area (Å²) in [7, 11) is 1.59. The van der Waals surface area contributed by atoms with Crippen molar-refractivity contribution < 1.29 is 9.53 Å². The molecular weight excluding hydrogens is 256 g/mol. The Labute approximate surface area is 120 Å². The summed E-state index contributed by atoms with van der Waals surface area (Å²) >= 11 is 0. The second-order valence-corrected chi connectivity index (χ2v) is 4.50. The maximum absolute atomic E-state index is 11.8. The third-order valence-electron chi connectivity index (χ3n) is 2.77. The van der Waals surface area contributed by atoms with E-state index in [1.54, 1.807) is 13.3 Å². The lowest BCUT2D eigenvalue weighted by molar-refractivity contribution is 0.0932. The van der Waals surface area contributed by atoms with E-state index >= 15 is 0 Å². The molecule has 20 heavy (non-hydrogen) atoms. The smallest absolute Gasteiger partial charge is 0.271 e. The number of hydrogen-bond donors (Lipinski definition) is 1. The first kappa shape index (κ1) is 16.4. The molecule has 0 radical (unpaired) electrons. The molecule has 1 N–H and O–H groups in total. The highest BCUT2D eigenvalue weighted by molar-refractivity contribution is 5.91. The SMILES string of the molecule is CCCN(CCC)c1cnc(C(=O)NCCOC)cn1. The van der Waals surface area contributed by atoms with Crippen LogP contribution < -0.4 is 10.2 Å². The number of amides is 1. The molecule has 0 spiro atoms. The van der Waals surface area contributed by atoms with Crippen molar-refractivity contribution in [2.45, 2.75) is 26.7 Å². The molecule has 6 heteroatoms. The van der Waals surface area contributed by atoms with Crippen LogP contribution in [0.3, 0.4) is 0 Å². The molecule has 112 valence electrons. The Hall–Kier alpha value is -1.69. The summed E-state index contributed by atoms with van der Waals surface area (Å²) < 4.78 is 4.88. The standard InChI is InChI=1S/C14H24N4O2/c1-4-7-18(8-5-2)13-11-16-12(10-17-13)14(19)15-6-9-20-3/h10-11H,4-9H2,1-3H3,(H,15,19). The molecule has 1 rings (SSSR count). The van der Waals surface area contributed by atoms with Crippen molar-refractivity contribution in [3.63, 3.8) is 0 Å². The zero-order valence-electron chi connectivity index (χ0n) is 12.6. The van der Waals surface area contributed by atoms with Crippen LogP contribution in [-0.4, -0.2) is 49.2 Å². The predicted molar refractivity (Wildman–Crippen MR) is 79.0 cm³/mol. The number of rotatable bonds is 9. The molecule has 0 bridgehead atoms. The third-order valence-corrected chi connectivity index (χ3v) is 2.77. The van der Waals surface area contributed by atoms with Gasteiger partial charge in [0.05, 0.1) is 19.0 Å². The summed E-state index contributed by atoms with van der Waals surface area (Å²) in [5, 5.41) is 2.72. The number of nitrogens with zero attached hydrogens (tertiary/aromatic N) is 3. The molecule has 0 fully saturated rings. The van der Waals surface area contributed by atoms with Crippen LogP contribution in [0.1, 0.15) is 37.2 Å². The maximum Gasteiger partial charge on any atom is 0.271 e. The summed E-state index contributed by atoms with van der Waals surface area (Å²) in [5.74, 6) is 0.598. The lowest BCUT2D eigenvalue weighted by atomic mass is 10.3. The summed E-state index contributed by atoms with van der Waals surface area (Å²) in [4.78, 5) is 22.5. The molecule has 0 saturated heterocycles. The first-order chi connectivity index (χ1) is 9.72. The van der Waals surface area contributed by atoms with Gasteiger partial charge in [-0.2, -0.15) is 0 Å². The molecule has 0 aromatic carbocycles. The topological polar surface area (TPSA) is 67.4 Å². The largest absolute Gasteiger partial charge is 0.383 e. The molecular formula is C14H24N4O2. The van der Waals surface area contributed by atoms with E-state index < -0.39 is 0 Å². The molecule has 6 nitrogen and oxygen atoms in total. The number of carbonyl (C=O) groups excluding carboxylic acids is 1. The second kappa shape index (κ2) is 9.25. The van der Waals surface area contributed by atoms with E-state index in [-0.39, 0.29) is 5.91 Å². The molecule has 1 heterocycles. The van der Waals surface area contributed by atoms with Crippen molar-refractivity contribution in [2.24, 2.45) is 0 Å². The van der Waals surface area contributed by atoms with Gasteiger partial charge in [0, 0.05) is 26.7 Å². The molecule has 0 unspecified atom stereocenters. The summed E-state index contributed by atoms with van der Waals surface area (Å²) in [5.41, 5.74) is 0.331. The van der Waals surface area contributed by atoms with Gasteiger partial charge in [0.15, 0.2) is 0 Å². The minimum absolute atomic E-state index is 0.223. The van der Waals surface area contributed by atoms with Crippen molar-refractivity contribution in [3.8, 4) is 0 Å². The van der Waals surface area contributed by atoms with Crippen LogP contribution in [-0.2, 0) is 4.74 Å². The van der Waals surface area contributed by atoms with Crippen molar-refractivity contribution in [2.75, 3.05) is 38.3 Å². The number of carbonyl (C=O) groups is 1. The lowest BCUT2D eigenvalue weighted by Crippen LogP contribution is -2.29. The van der Waals surface area contributed by atoms with Crippen molar-refractivity contribution in [1.29, 1.82) is 0 Å². The van der Waals surface area contributed by atoms with Gasteiger partial charge in [-0.3, -0.25) is 4.79 Å². The third kappa shape index (κ3) is 5.13. The molecule has 0 aliphatic carbocycles. The zero-order chi connectivity index (χ0) is 14.8. The Kier molecular flexibility index (Phi) is 7.57. The fourth-order valence-corrected chi connectivity index (χ4v) is 1.84. The Morgan fingerprint density at radius 1 is 1.25 bits per heavy atom. The fourth-order valence-electron chi connectivity index (χ4n) is 1.84. The minimum atomic E-state index is -0.223. The van der Waals surface area contributed by atoms with Crippen LogP contribution in [0.4, 0.5) is 5.82 Å². The van der Waals surface area contributed by atoms with Crippen LogP contribution in [0.15, 0.2) is 12.4 Å². The first-order valence-electron chi connectivity index (χ1n) is 7.07. The zero-order valence-corrected chi connectivity index (χ0v) is 12.6. The van der Waals surface area contributed by atoms with Crippen molar-refractivity contribution >= 4 is 11.7 Å². The van der Waals surface area contributed by atoms with Crippen LogP contribution in [0.2, 0.25) is 0 Å². The molecule has 1 aromatic rings. The van der Waals surface area contributed by atoms with Gasteiger partial charge in [-0.25, -0.2) is 9.97 Å². The quantitative estimate of drug-likeness (QED) is 0.694. The van der Waals surface area contributed by atoms with E-state index in [0.29, 0.717) is 18.8 Å². The van der Waals surface area contributed by atoms with E-state index in [2.05, 4.69) is 34.0 Å². The summed E-state index contributed by atoms with van der Waals surface area (Å²) in [6.07, 6.45) is 5.30. The molecule has 1 amide bonds. The van der Waals surface area contributed by atoms with Crippen LogP contribution >= 0.6 is 0 Å². The highest BCUT2D eigenvalue weighted by Crippen LogP contribution is 2.10. The van der Waals surface area contributed by atoms with E-state index in [1.165, 1.54) is 6.20 Å². The number of nitrogens with one attached hydrogen (secondary N) is 1. The van der Waals surface area contributed by atoms with Gasteiger partial charge < -0.3 is 15.0 Å². The molecule has 0 saturated carbocycles. The second-order valence-electron chi connectivity index (χ2n) is 4.50. The van der Waals surface area contributed by atoms with Crippen LogP contribution in [0, 0.1) is 0 Å². The Morgan fingerprint density at radius 3 is 2.45 bits per heavy atom. The number of hydrogen-bond acceptors (Lipinski definition) is 5. The number of ether oxygens (including phenoxy) is 1. The number of aromatic nitrogens is 2. The van der Waals surface area contributed by atoms with Gasteiger partial charge in [-0.15, -0.1) is 0 Å². The van der Waals surface area contributed by atoms with E-state index in [4.69, 9.17) is 4.74 Å². The monoisotopic (exact) mass is 280 g/mol. The highest BCUT2D eigenvalue weighted by Gasteiger charge is 2.10. The molecule has 0 aliphatic rings. The average Bonchev–Trinajstić information content (AvgIpc) is 2.47. The van der Waals surface area contributed by atoms with Crippen LogP contribution in [0.25, 0.3) is 0 Å². The molecule has 1 aromatic heterocycles. The Balaban J connectivity index is 2.64. The van der Waals surface area contributed by atoms with Gasteiger partial charge in [-0.1, -0.05) is 13.8 Å². The first-order valence-corrected chi connectivity index (χ1v) is 7.07. The van der Waals surface area contributed by atoms with E-state index in [1.807, 2.05) is 0 Å². The average molecular weight is 280 g/mol. The van der Waals surface area contributed by atoms with Crippen molar-refractivity contribution in [3.05, 3.63) is 18.1 Å². The predicted octanol–water partition coefficient (Wildman–Crippen LogP) is 1.48. The minimum Gasteiger partial charge on any atom is -0.383 e. The summed E-state index contributed by atoms with van der Waals surface area (Å²) in [6.45, 7) is 7.11. The van der Waals surface area contributed by atoms with Gasteiger partial charge >= 0.3 is 0 Å². The Morgan fingerprint density at radius 2 is 1.95 bits per heavy atom. The van der Waals surface area contributed by atoms with E-state index in [9.17, 15) is 4.79 Å². The fraction of sp³-hybridized carbons (Fsp3) is 0.643. The summed E-state index contributed by atoms with van der Waals surface area (Å²) in [6, 6.07) is 0. The van der Waals surface area contributed by atoms with Gasteiger partial charge in [-0.05, 0) is 12.8 Å². The van der Waals surface area contributed by atoms with Gasteiger partial charge in [0.1, 0.15) is 11.5 Å². The normalized spacial score (nSPS) is 10.3.